The highest BCUT2D eigenvalue weighted by Gasteiger charge is 2.59. The third-order valence-electron chi connectivity index (χ3n) is 17.1. The second kappa shape index (κ2) is 17.1. The smallest absolute Gasteiger partial charge is 0.251 e. The normalized spacial score (nSPS) is 14.9. The minimum atomic E-state index is -0.691. The van der Waals surface area contributed by atoms with Gasteiger partial charge < -0.3 is 14.5 Å². The summed E-state index contributed by atoms with van der Waals surface area (Å²) in [5.41, 5.74) is 23.5. The first kappa shape index (κ1) is 45.2. The Balaban J connectivity index is 1.00. The second-order valence-electron chi connectivity index (χ2n) is 21.9. The van der Waals surface area contributed by atoms with Gasteiger partial charge in [-0.3, -0.25) is 4.98 Å². The van der Waals surface area contributed by atoms with Crippen molar-refractivity contribution in [2.75, 3.05) is 9.80 Å². The molecule has 0 saturated carbocycles. The lowest BCUT2D eigenvalue weighted by molar-refractivity contribution is 0.487. The van der Waals surface area contributed by atoms with Crippen molar-refractivity contribution in [2.24, 2.45) is 0 Å². The number of anilines is 6. The molecule has 0 saturated heterocycles. The molecule has 362 valence electrons. The highest BCUT2D eigenvalue weighted by Crippen LogP contribution is 2.68. The Morgan fingerprint density at radius 2 is 0.800 bits per heavy atom. The van der Waals surface area contributed by atoms with Crippen molar-refractivity contribution in [1.29, 1.82) is 0 Å². The van der Waals surface area contributed by atoms with Gasteiger partial charge in [0.1, 0.15) is 11.5 Å². The van der Waals surface area contributed by atoms with Gasteiger partial charge in [0.05, 0.1) is 45.5 Å². The predicted molar refractivity (Wildman–Crippen MR) is 311 cm³/mol. The molecule has 0 N–H and O–H groups in total. The standard InChI is InChI=1S/C70H58BN3O/c1-44(2)47-40-50(45(3)4)68(51(41-47)46(5)6)71-60-31-15-20-36-66(60)75-67-42-48(37-38-61(67)71)73-62-32-16-11-27-56(62)69(57-28-12-17-33-63(57)73)52-23-7-9-25-54(52)70(55-26-10-8-24-53(55)69)58-29-13-18-34-64(58)74(49-22-21-39-72-43-49)65-35-19-14-30-59(65)70/h7-46H,1-6H3. The van der Waals surface area contributed by atoms with Gasteiger partial charge >= 0.3 is 0 Å². The van der Waals surface area contributed by atoms with Crippen LogP contribution in [0.15, 0.2) is 225 Å². The number of aromatic nitrogens is 1. The van der Waals surface area contributed by atoms with E-state index in [-0.39, 0.29) is 6.71 Å². The van der Waals surface area contributed by atoms with E-state index >= 15 is 0 Å². The van der Waals surface area contributed by atoms with Crippen LogP contribution >= 0.6 is 0 Å². The van der Waals surface area contributed by atoms with Crippen molar-refractivity contribution in [3.05, 3.63) is 286 Å². The topological polar surface area (TPSA) is 28.6 Å². The number of pyridine rings is 1. The summed E-state index contributed by atoms with van der Waals surface area (Å²) in [6, 6.07) is 80.0. The van der Waals surface area contributed by atoms with E-state index in [1.807, 2.05) is 18.5 Å². The number of nitrogens with zero attached hydrogens (tertiary/aromatic N) is 3. The summed E-state index contributed by atoms with van der Waals surface area (Å²) in [5.74, 6) is 2.94. The fourth-order valence-corrected chi connectivity index (χ4v) is 14.0. The Labute approximate surface area is 442 Å². The Morgan fingerprint density at radius 1 is 0.387 bits per heavy atom. The predicted octanol–water partition coefficient (Wildman–Crippen LogP) is 15.7. The molecule has 0 fully saturated rings. The number of rotatable bonds is 6. The molecular weight excluding hydrogens is 910 g/mol. The van der Waals surface area contributed by atoms with Gasteiger partial charge in [-0.2, -0.15) is 0 Å². The van der Waals surface area contributed by atoms with Gasteiger partial charge in [-0.25, -0.2) is 0 Å². The molecule has 0 amide bonds. The average Bonchev–Trinajstić information content (AvgIpc) is 3.49. The molecule has 3 aliphatic heterocycles. The molecule has 1 aromatic heterocycles. The van der Waals surface area contributed by atoms with Crippen LogP contribution < -0.4 is 30.9 Å². The average molecular weight is 968 g/mol. The maximum atomic E-state index is 7.13. The number of hydrogen-bond donors (Lipinski definition) is 0. The van der Waals surface area contributed by atoms with Crippen molar-refractivity contribution in [3.8, 4) is 11.5 Å². The lowest BCUT2D eigenvalue weighted by Gasteiger charge is -2.56. The molecule has 4 heterocycles. The Hall–Kier alpha value is -8.41. The molecule has 75 heavy (non-hydrogen) atoms. The van der Waals surface area contributed by atoms with Crippen molar-refractivity contribution in [2.45, 2.75) is 70.1 Å². The van der Waals surface area contributed by atoms with E-state index in [4.69, 9.17) is 4.74 Å². The van der Waals surface area contributed by atoms with Gasteiger partial charge in [-0.05, 0) is 138 Å². The maximum Gasteiger partial charge on any atom is 0.251 e. The van der Waals surface area contributed by atoms with Crippen molar-refractivity contribution in [1.82, 2.24) is 4.98 Å². The Morgan fingerprint density at radius 3 is 1.24 bits per heavy atom. The Bertz CT molecular complexity index is 3740. The maximum absolute atomic E-state index is 7.13. The first-order chi connectivity index (χ1) is 36.7. The summed E-state index contributed by atoms with van der Waals surface area (Å²) < 4.78 is 7.13. The van der Waals surface area contributed by atoms with Gasteiger partial charge in [-0.1, -0.05) is 205 Å². The number of para-hydroxylation sites is 5. The van der Waals surface area contributed by atoms with Crippen LogP contribution in [0.4, 0.5) is 34.1 Å². The molecule has 9 aromatic carbocycles. The minimum absolute atomic E-state index is 0.00765. The number of benzene rings is 9. The largest absolute Gasteiger partial charge is 0.458 e. The highest BCUT2D eigenvalue weighted by molar-refractivity contribution is 6.97. The van der Waals surface area contributed by atoms with E-state index in [1.165, 1.54) is 77.6 Å². The van der Waals surface area contributed by atoms with Crippen molar-refractivity contribution >= 4 is 57.2 Å². The molecule has 4 nitrogen and oxygen atoms in total. The van der Waals surface area contributed by atoms with E-state index in [0.717, 1.165) is 45.6 Å². The summed E-state index contributed by atoms with van der Waals surface area (Å²) in [6.45, 7) is 14.1. The molecule has 1 aliphatic carbocycles. The molecule has 0 bridgehead atoms. The zero-order valence-electron chi connectivity index (χ0n) is 43.4. The molecule has 4 aliphatic rings. The SMILES string of the molecule is CC(C)c1cc(C(C)C)c(B2c3ccccc3Oc3cc(N4c5ccccc5C5(c6ccccc64)c4ccccc4C4(c6ccccc6N(c6cccnc6)c6ccccc64)c4ccccc45)ccc32)c(C(C)C)c1. The van der Waals surface area contributed by atoms with Crippen LogP contribution in [0.3, 0.4) is 0 Å². The summed E-state index contributed by atoms with van der Waals surface area (Å²) in [7, 11) is 0. The first-order valence-electron chi connectivity index (χ1n) is 26.9. The van der Waals surface area contributed by atoms with Crippen LogP contribution in [-0.2, 0) is 10.8 Å². The number of hydrogen-bond acceptors (Lipinski definition) is 4. The molecule has 14 rings (SSSR count). The molecule has 5 heteroatoms. The lowest BCUT2D eigenvalue weighted by atomic mass is 9.34. The van der Waals surface area contributed by atoms with Gasteiger partial charge in [0.2, 0.25) is 0 Å². The van der Waals surface area contributed by atoms with E-state index in [1.54, 1.807) is 0 Å². The molecular formula is C70H58BN3O. The fraction of sp³-hybridized carbons (Fsp3) is 0.157. The van der Waals surface area contributed by atoms with Crippen LogP contribution in [-0.4, -0.2) is 11.7 Å². The molecule has 2 spiro atoms. The zero-order valence-corrected chi connectivity index (χ0v) is 43.4. The quantitative estimate of drug-likeness (QED) is 0.155. The van der Waals surface area contributed by atoms with Crippen LogP contribution in [0.5, 0.6) is 11.5 Å². The Kier molecular flexibility index (Phi) is 10.3. The van der Waals surface area contributed by atoms with Crippen LogP contribution in [0.1, 0.15) is 120 Å². The monoisotopic (exact) mass is 967 g/mol. The number of fused-ring (bicyclic) bond motifs is 16. The van der Waals surface area contributed by atoms with E-state index in [2.05, 4.69) is 263 Å². The van der Waals surface area contributed by atoms with E-state index in [9.17, 15) is 0 Å². The third kappa shape index (κ3) is 6.28. The summed E-state index contributed by atoms with van der Waals surface area (Å²) in [4.78, 5) is 9.53. The summed E-state index contributed by atoms with van der Waals surface area (Å²) in [6.07, 6.45) is 3.83. The summed E-state index contributed by atoms with van der Waals surface area (Å²) >= 11 is 0. The molecule has 10 aromatic rings. The minimum Gasteiger partial charge on any atom is -0.458 e. The van der Waals surface area contributed by atoms with Crippen LogP contribution in [0, 0.1) is 0 Å². The van der Waals surface area contributed by atoms with Gasteiger partial charge in [0, 0.05) is 18.0 Å². The fourth-order valence-electron chi connectivity index (χ4n) is 14.0. The van der Waals surface area contributed by atoms with Crippen LogP contribution in [0.2, 0.25) is 0 Å². The first-order valence-corrected chi connectivity index (χ1v) is 26.9. The molecule has 0 radical (unpaired) electrons. The van der Waals surface area contributed by atoms with Crippen molar-refractivity contribution < 1.29 is 4.74 Å². The molecule has 0 atom stereocenters. The lowest BCUT2D eigenvalue weighted by Crippen LogP contribution is -2.57. The second-order valence-corrected chi connectivity index (χ2v) is 21.9. The molecule has 0 unspecified atom stereocenters. The summed E-state index contributed by atoms with van der Waals surface area (Å²) in [5, 5.41) is 0. The van der Waals surface area contributed by atoms with E-state index < -0.39 is 10.8 Å². The third-order valence-corrected chi connectivity index (χ3v) is 17.1. The van der Waals surface area contributed by atoms with E-state index in [0.29, 0.717) is 17.8 Å². The van der Waals surface area contributed by atoms with Gasteiger partial charge in [0.25, 0.3) is 6.71 Å². The zero-order chi connectivity index (χ0) is 50.7. The van der Waals surface area contributed by atoms with Gasteiger partial charge in [0.15, 0.2) is 0 Å². The highest BCUT2D eigenvalue weighted by atomic mass is 16.5. The van der Waals surface area contributed by atoms with Crippen LogP contribution in [0.25, 0.3) is 0 Å². The van der Waals surface area contributed by atoms with Crippen molar-refractivity contribution in [3.63, 3.8) is 0 Å². The van der Waals surface area contributed by atoms with Gasteiger partial charge in [-0.15, -0.1) is 0 Å². The number of ether oxygens (including phenoxy) is 1.